The predicted octanol–water partition coefficient (Wildman–Crippen LogP) is 10.9. The molecule has 0 aliphatic rings. The molecule has 4 aromatic rings. The van der Waals surface area contributed by atoms with E-state index in [0.29, 0.717) is 11.8 Å². The van der Waals surface area contributed by atoms with Gasteiger partial charge in [-0.15, -0.1) is 5.69 Å². The van der Waals surface area contributed by atoms with Crippen LogP contribution in [0.25, 0.3) is 32.7 Å². The van der Waals surface area contributed by atoms with E-state index in [1.54, 1.807) is 42.3 Å². The monoisotopic (exact) mass is 776 g/mol. The maximum absolute atomic E-state index is 5.57. The SMILES string of the molecule is C[N-]C.C[N-]C.C[N-]C.Cc1cc(C)c(C([N-]c2c(C(C)C)cccc2C(C)C)c2cn(C)c(-c3ccccc3)n2)c(C)c1.[Hf+4]. The quantitative estimate of drug-likeness (QED) is 0.172. The van der Waals surface area contributed by atoms with Gasteiger partial charge in [0.1, 0.15) is 5.82 Å². The minimum absolute atomic E-state index is 0. The number of benzene rings is 3. The Bertz CT molecular complexity index is 1320. The molecular formula is C38H56HfN6. The van der Waals surface area contributed by atoms with Crippen molar-refractivity contribution in [2.24, 2.45) is 7.05 Å². The fraction of sp³-hybridized carbons (Fsp3) is 0.447. The average Bonchev–Trinajstić information content (AvgIpc) is 3.34. The smallest absolute Gasteiger partial charge is 0.673 e. The molecule has 1 heterocycles. The Balaban J connectivity index is 0.00000173. The van der Waals surface area contributed by atoms with E-state index in [1.807, 2.05) is 6.07 Å². The number of hydrogen-bond donors (Lipinski definition) is 0. The Labute approximate surface area is 294 Å². The molecule has 7 heteroatoms. The minimum atomic E-state index is -0.184. The first kappa shape index (κ1) is 42.4. The summed E-state index contributed by atoms with van der Waals surface area (Å²) in [6, 6.07) is 21.4. The molecular weight excluding hydrogens is 719 g/mol. The fourth-order valence-corrected chi connectivity index (χ4v) is 5.17. The molecule has 0 aliphatic heterocycles. The van der Waals surface area contributed by atoms with Gasteiger partial charge in [0.25, 0.3) is 0 Å². The Morgan fingerprint density at radius 1 is 0.667 bits per heavy atom. The molecule has 45 heavy (non-hydrogen) atoms. The topological polar surface area (TPSA) is 74.2 Å². The first-order valence-electron chi connectivity index (χ1n) is 15.4. The molecule has 0 fully saturated rings. The number of nitrogens with zero attached hydrogens (tertiary/aromatic N) is 6. The third kappa shape index (κ3) is 12.6. The van der Waals surface area contributed by atoms with Gasteiger partial charge < -0.3 is 25.8 Å². The Morgan fingerprint density at radius 3 is 1.53 bits per heavy atom. The molecule has 3 aromatic carbocycles. The molecule has 0 saturated carbocycles. The summed E-state index contributed by atoms with van der Waals surface area (Å²) in [5, 5.41) is 16.1. The first-order valence-corrected chi connectivity index (χ1v) is 15.4. The van der Waals surface area contributed by atoms with Crippen LogP contribution in [0.1, 0.15) is 84.6 Å². The van der Waals surface area contributed by atoms with Crippen LogP contribution in [-0.4, -0.2) is 51.8 Å². The zero-order valence-corrected chi connectivity index (χ0v) is 33.9. The van der Waals surface area contributed by atoms with Crippen molar-refractivity contribution < 1.29 is 25.8 Å². The standard InChI is InChI=1S/C32H38N3.3C2H6N.Hf/c1-20(2)26-15-12-16-27(21(3)4)30(26)34-31(29-23(6)17-22(5)18-24(29)7)28-19-35(8)32(33-28)25-13-10-9-11-14-25;3*1-3-2;/h9-21,31H,1-8H3;3*1-2H3;/q4*-1;+4. The molecule has 0 aliphatic carbocycles. The Kier molecular flexibility index (Phi) is 20.8. The van der Waals surface area contributed by atoms with Gasteiger partial charge in [0.05, 0.1) is 0 Å². The second-order valence-electron chi connectivity index (χ2n) is 11.7. The van der Waals surface area contributed by atoms with Gasteiger partial charge in [-0.2, -0.15) is 42.3 Å². The molecule has 1 unspecified atom stereocenters. The maximum atomic E-state index is 5.57. The molecule has 6 nitrogen and oxygen atoms in total. The van der Waals surface area contributed by atoms with Gasteiger partial charge in [-0.25, -0.2) is 4.98 Å². The fourth-order valence-electron chi connectivity index (χ4n) is 5.17. The van der Waals surface area contributed by atoms with Crippen molar-refractivity contribution >= 4 is 5.69 Å². The largest absolute Gasteiger partial charge is 4.00 e. The molecule has 0 amide bonds. The van der Waals surface area contributed by atoms with Gasteiger partial charge in [0.2, 0.25) is 0 Å². The van der Waals surface area contributed by atoms with E-state index in [-0.39, 0.29) is 31.9 Å². The van der Waals surface area contributed by atoms with Crippen molar-refractivity contribution in [3.8, 4) is 11.4 Å². The van der Waals surface area contributed by atoms with Crippen LogP contribution in [0.15, 0.2) is 66.9 Å². The third-order valence-corrected chi connectivity index (χ3v) is 6.82. The number of hydrogen-bond acceptors (Lipinski definition) is 1. The number of rotatable bonds is 7. The van der Waals surface area contributed by atoms with E-state index in [9.17, 15) is 0 Å². The summed E-state index contributed by atoms with van der Waals surface area (Å²) in [6.07, 6.45) is 2.16. The first-order chi connectivity index (χ1) is 20.9. The van der Waals surface area contributed by atoms with Crippen LogP contribution in [0.2, 0.25) is 0 Å². The molecule has 242 valence electrons. The number of aromatic nitrogens is 2. The molecule has 0 N–H and O–H groups in total. The number of aryl methyl sites for hydroxylation is 4. The van der Waals surface area contributed by atoms with Crippen molar-refractivity contribution in [1.29, 1.82) is 0 Å². The summed E-state index contributed by atoms with van der Waals surface area (Å²) in [7, 11) is 12.6. The third-order valence-electron chi connectivity index (χ3n) is 6.82. The molecule has 4 rings (SSSR count). The van der Waals surface area contributed by atoms with Crippen molar-refractivity contribution in [3.05, 3.63) is 127 Å². The summed E-state index contributed by atoms with van der Waals surface area (Å²) in [4.78, 5) is 5.18. The summed E-state index contributed by atoms with van der Waals surface area (Å²) in [5.41, 5.74) is 10.9. The number of para-hydroxylation sites is 1. The van der Waals surface area contributed by atoms with Crippen LogP contribution in [0.5, 0.6) is 0 Å². The zero-order chi connectivity index (χ0) is 33.4. The van der Waals surface area contributed by atoms with Crippen molar-refractivity contribution in [1.82, 2.24) is 9.55 Å². The zero-order valence-electron chi connectivity index (χ0n) is 30.3. The van der Waals surface area contributed by atoms with Crippen LogP contribution >= 0.6 is 0 Å². The number of imidazole rings is 1. The van der Waals surface area contributed by atoms with E-state index in [1.165, 1.54) is 33.4 Å². The van der Waals surface area contributed by atoms with Crippen molar-refractivity contribution in [3.63, 3.8) is 0 Å². The Morgan fingerprint density at radius 2 is 1.11 bits per heavy atom. The Hall–Kier alpha value is -2.58. The van der Waals surface area contributed by atoms with Gasteiger partial charge in [-0.1, -0.05) is 111 Å². The molecule has 0 radical (unpaired) electrons. The van der Waals surface area contributed by atoms with Gasteiger partial charge in [0, 0.05) is 24.5 Å². The van der Waals surface area contributed by atoms with Crippen LogP contribution < -0.4 is 0 Å². The van der Waals surface area contributed by atoms with E-state index in [4.69, 9.17) is 10.3 Å². The molecule has 1 aromatic heterocycles. The van der Waals surface area contributed by atoms with Gasteiger partial charge in [-0.05, 0) is 49.8 Å². The van der Waals surface area contributed by atoms with Gasteiger partial charge in [-0.3, -0.25) is 0 Å². The summed E-state index contributed by atoms with van der Waals surface area (Å²) in [6.45, 7) is 15.6. The van der Waals surface area contributed by atoms with E-state index in [0.717, 1.165) is 22.8 Å². The van der Waals surface area contributed by atoms with E-state index in [2.05, 4.69) is 137 Å². The summed E-state index contributed by atoms with van der Waals surface area (Å²) >= 11 is 0. The molecule has 0 spiro atoms. The minimum Gasteiger partial charge on any atom is -0.673 e. The second kappa shape index (κ2) is 22.0. The normalized spacial score (nSPS) is 10.8. The summed E-state index contributed by atoms with van der Waals surface area (Å²) < 4.78 is 2.13. The second-order valence-corrected chi connectivity index (χ2v) is 11.7. The van der Waals surface area contributed by atoms with Crippen LogP contribution in [-0.2, 0) is 32.9 Å². The summed E-state index contributed by atoms with van der Waals surface area (Å²) in [5.74, 6) is 1.73. The predicted molar refractivity (Wildman–Crippen MR) is 194 cm³/mol. The molecule has 1 atom stereocenters. The van der Waals surface area contributed by atoms with Crippen LogP contribution in [0, 0.1) is 20.8 Å². The van der Waals surface area contributed by atoms with Crippen LogP contribution in [0.4, 0.5) is 5.69 Å². The van der Waals surface area contributed by atoms with Gasteiger partial charge in [0.15, 0.2) is 0 Å². The maximum Gasteiger partial charge on any atom is 4.00 e. The molecule has 0 bridgehead atoms. The van der Waals surface area contributed by atoms with E-state index >= 15 is 0 Å². The average molecular weight is 775 g/mol. The van der Waals surface area contributed by atoms with Gasteiger partial charge >= 0.3 is 25.8 Å². The molecule has 0 saturated heterocycles. The van der Waals surface area contributed by atoms with Crippen molar-refractivity contribution in [2.45, 2.75) is 66.3 Å². The van der Waals surface area contributed by atoms with Crippen molar-refractivity contribution in [2.75, 3.05) is 42.3 Å². The van der Waals surface area contributed by atoms with E-state index < -0.39 is 0 Å². The van der Waals surface area contributed by atoms with Crippen LogP contribution in [0.3, 0.4) is 0 Å².